The van der Waals surface area contributed by atoms with E-state index in [0.717, 1.165) is 37.0 Å². The summed E-state index contributed by atoms with van der Waals surface area (Å²) in [6, 6.07) is 6.57. The average Bonchev–Trinajstić information content (AvgIpc) is 2.83. The molecule has 5 heteroatoms. The Balaban J connectivity index is 0.00000161. The van der Waals surface area contributed by atoms with Crippen molar-refractivity contribution < 1.29 is 0 Å². The lowest BCUT2D eigenvalue weighted by atomic mass is 10.0. The minimum Gasteiger partial charge on any atom is -0.312 e. The standard InChI is InChI=1S/C16H20BrN3.ClH/c1-3-11-6-5-7-12(4-2)15(11)20-16(17)13-10-18-9-8-14(13)19-20;/h5-7,18H,3-4,8-10H2,1-2H3;1H. The molecule has 1 aliphatic rings. The molecule has 1 aromatic heterocycles. The van der Waals surface area contributed by atoms with Crippen LogP contribution in [0.1, 0.15) is 36.2 Å². The number of rotatable bonds is 3. The van der Waals surface area contributed by atoms with Crippen molar-refractivity contribution in [3.63, 3.8) is 0 Å². The van der Waals surface area contributed by atoms with Gasteiger partial charge in [0.2, 0.25) is 0 Å². The van der Waals surface area contributed by atoms with Crippen molar-refractivity contribution in [1.29, 1.82) is 0 Å². The molecule has 0 amide bonds. The molecular formula is C16H21BrClN3. The van der Waals surface area contributed by atoms with Gasteiger partial charge in [-0.2, -0.15) is 5.10 Å². The molecule has 21 heavy (non-hydrogen) atoms. The van der Waals surface area contributed by atoms with Crippen molar-refractivity contribution in [2.24, 2.45) is 0 Å². The van der Waals surface area contributed by atoms with E-state index >= 15 is 0 Å². The van der Waals surface area contributed by atoms with Gasteiger partial charge in [-0.25, -0.2) is 4.68 Å². The second-order valence-corrected chi connectivity index (χ2v) is 5.94. The number of fused-ring (bicyclic) bond motifs is 1. The van der Waals surface area contributed by atoms with Crippen LogP contribution in [0.25, 0.3) is 5.69 Å². The van der Waals surface area contributed by atoms with Crippen LogP contribution in [-0.4, -0.2) is 16.3 Å². The van der Waals surface area contributed by atoms with Crippen molar-refractivity contribution >= 4 is 28.3 Å². The summed E-state index contributed by atoms with van der Waals surface area (Å²) in [7, 11) is 0. The molecule has 0 aliphatic carbocycles. The van der Waals surface area contributed by atoms with E-state index in [1.807, 2.05) is 0 Å². The molecule has 0 atom stereocenters. The first-order valence-corrected chi connectivity index (χ1v) is 8.13. The highest BCUT2D eigenvalue weighted by Crippen LogP contribution is 2.30. The lowest BCUT2D eigenvalue weighted by molar-refractivity contribution is 0.634. The Hall–Kier alpha value is -0.840. The number of hydrogen-bond acceptors (Lipinski definition) is 2. The van der Waals surface area contributed by atoms with Gasteiger partial charge < -0.3 is 5.32 Å². The molecule has 0 spiro atoms. The van der Waals surface area contributed by atoms with Crippen LogP contribution in [0.5, 0.6) is 0 Å². The first-order chi connectivity index (χ1) is 9.76. The highest BCUT2D eigenvalue weighted by Gasteiger charge is 2.21. The number of benzene rings is 1. The minimum atomic E-state index is 0. The Labute approximate surface area is 140 Å². The van der Waals surface area contributed by atoms with Gasteiger partial charge in [-0.1, -0.05) is 32.0 Å². The molecule has 1 aliphatic heterocycles. The van der Waals surface area contributed by atoms with Crippen LogP contribution in [0.2, 0.25) is 0 Å². The summed E-state index contributed by atoms with van der Waals surface area (Å²) in [4.78, 5) is 0. The van der Waals surface area contributed by atoms with Crippen LogP contribution in [0.4, 0.5) is 0 Å². The second-order valence-electron chi connectivity index (χ2n) is 5.19. The van der Waals surface area contributed by atoms with E-state index in [9.17, 15) is 0 Å². The van der Waals surface area contributed by atoms with Crippen molar-refractivity contribution in [1.82, 2.24) is 15.1 Å². The largest absolute Gasteiger partial charge is 0.312 e. The zero-order valence-electron chi connectivity index (χ0n) is 12.4. The van der Waals surface area contributed by atoms with Crippen molar-refractivity contribution in [2.75, 3.05) is 6.54 Å². The fourth-order valence-corrected chi connectivity index (χ4v) is 3.53. The van der Waals surface area contributed by atoms with Gasteiger partial charge in [0.05, 0.1) is 11.4 Å². The van der Waals surface area contributed by atoms with E-state index in [-0.39, 0.29) is 12.4 Å². The van der Waals surface area contributed by atoms with Gasteiger partial charge in [0.15, 0.2) is 0 Å². The molecule has 3 nitrogen and oxygen atoms in total. The normalized spacial score (nSPS) is 13.7. The molecule has 0 unspecified atom stereocenters. The molecule has 0 saturated heterocycles. The predicted octanol–water partition coefficient (Wildman–Crippen LogP) is 3.83. The van der Waals surface area contributed by atoms with Gasteiger partial charge >= 0.3 is 0 Å². The smallest absolute Gasteiger partial charge is 0.114 e. The lowest BCUT2D eigenvalue weighted by Gasteiger charge is -2.14. The Morgan fingerprint density at radius 2 is 1.90 bits per heavy atom. The summed E-state index contributed by atoms with van der Waals surface area (Å²) in [6.07, 6.45) is 3.06. The highest BCUT2D eigenvalue weighted by atomic mass is 79.9. The maximum Gasteiger partial charge on any atom is 0.114 e. The van der Waals surface area contributed by atoms with Crippen LogP contribution in [0, 0.1) is 0 Å². The molecule has 0 fully saturated rings. The summed E-state index contributed by atoms with van der Waals surface area (Å²) in [5.41, 5.74) is 6.52. The monoisotopic (exact) mass is 369 g/mol. The molecule has 1 N–H and O–H groups in total. The van der Waals surface area contributed by atoms with E-state index in [1.165, 1.54) is 28.1 Å². The van der Waals surface area contributed by atoms with Gasteiger partial charge in [-0.15, -0.1) is 12.4 Å². The van der Waals surface area contributed by atoms with Crippen LogP contribution >= 0.6 is 28.3 Å². The van der Waals surface area contributed by atoms with Crippen molar-refractivity contribution in [3.05, 3.63) is 45.2 Å². The quantitative estimate of drug-likeness (QED) is 0.890. The molecule has 0 bridgehead atoms. The molecule has 2 aromatic rings. The van der Waals surface area contributed by atoms with E-state index in [4.69, 9.17) is 5.10 Å². The summed E-state index contributed by atoms with van der Waals surface area (Å²) in [5, 5.41) is 8.29. The predicted molar refractivity (Wildman–Crippen MR) is 92.7 cm³/mol. The topological polar surface area (TPSA) is 29.9 Å². The SMILES string of the molecule is CCc1cccc(CC)c1-n1nc2c(c1Br)CNCC2.Cl. The summed E-state index contributed by atoms with van der Waals surface area (Å²) in [6.45, 7) is 6.34. The van der Waals surface area contributed by atoms with Gasteiger partial charge in [-0.3, -0.25) is 0 Å². The van der Waals surface area contributed by atoms with E-state index in [1.54, 1.807) is 0 Å². The van der Waals surface area contributed by atoms with Gasteiger partial charge in [-0.05, 0) is 39.9 Å². The zero-order chi connectivity index (χ0) is 14.1. The fourth-order valence-electron chi connectivity index (χ4n) is 2.90. The van der Waals surface area contributed by atoms with Crippen LogP contribution < -0.4 is 5.32 Å². The third-order valence-electron chi connectivity index (χ3n) is 4.02. The molecule has 2 heterocycles. The molecule has 0 saturated carbocycles. The number of aryl methyl sites for hydroxylation is 2. The van der Waals surface area contributed by atoms with Gasteiger partial charge in [0.1, 0.15) is 4.60 Å². The summed E-state index contributed by atoms with van der Waals surface area (Å²) >= 11 is 3.76. The summed E-state index contributed by atoms with van der Waals surface area (Å²) in [5.74, 6) is 0. The first kappa shape index (κ1) is 16.5. The second kappa shape index (κ2) is 6.95. The highest BCUT2D eigenvalue weighted by molar-refractivity contribution is 9.10. The number of para-hydroxylation sites is 1. The molecule has 3 rings (SSSR count). The Kier molecular flexibility index (Phi) is 5.47. The number of hydrogen-bond donors (Lipinski definition) is 1. The number of nitrogens with one attached hydrogen (secondary N) is 1. The van der Waals surface area contributed by atoms with E-state index in [0.29, 0.717) is 0 Å². The number of aromatic nitrogens is 2. The third-order valence-corrected chi connectivity index (χ3v) is 4.84. The Bertz CT molecular complexity index is 614. The van der Waals surface area contributed by atoms with Crippen molar-refractivity contribution in [2.45, 2.75) is 39.7 Å². The van der Waals surface area contributed by atoms with E-state index < -0.39 is 0 Å². The first-order valence-electron chi connectivity index (χ1n) is 7.34. The Morgan fingerprint density at radius 1 is 1.24 bits per heavy atom. The zero-order valence-corrected chi connectivity index (χ0v) is 14.9. The van der Waals surface area contributed by atoms with Crippen LogP contribution in [0.15, 0.2) is 22.8 Å². The van der Waals surface area contributed by atoms with Gasteiger partial charge in [0, 0.05) is 25.1 Å². The number of nitrogens with zero attached hydrogens (tertiary/aromatic N) is 2. The van der Waals surface area contributed by atoms with Crippen LogP contribution in [-0.2, 0) is 25.8 Å². The van der Waals surface area contributed by atoms with Gasteiger partial charge in [0.25, 0.3) is 0 Å². The third kappa shape index (κ3) is 2.89. The van der Waals surface area contributed by atoms with Crippen molar-refractivity contribution in [3.8, 4) is 5.69 Å². The maximum atomic E-state index is 4.87. The minimum absolute atomic E-state index is 0. The van der Waals surface area contributed by atoms with Crippen LogP contribution in [0.3, 0.4) is 0 Å². The molecule has 0 radical (unpaired) electrons. The maximum absolute atomic E-state index is 4.87. The van der Waals surface area contributed by atoms with E-state index in [2.05, 4.69) is 58.0 Å². The Morgan fingerprint density at radius 3 is 2.48 bits per heavy atom. The molecule has 1 aromatic carbocycles. The molecular weight excluding hydrogens is 350 g/mol. The molecule has 114 valence electrons. The fraction of sp³-hybridized carbons (Fsp3) is 0.438. The average molecular weight is 371 g/mol. The lowest BCUT2D eigenvalue weighted by Crippen LogP contribution is -2.23. The summed E-state index contributed by atoms with van der Waals surface area (Å²) < 4.78 is 3.21. The number of halogens is 2.